The van der Waals surface area contributed by atoms with E-state index in [-0.39, 0.29) is 17.3 Å². The summed E-state index contributed by atoms with van der Waals surface area (Å²) in [4.78, 5) is 24.4. The van der Waals surface area contributed by atoms with Crippen molar-refractivity contribution in [1.82, 2.24) is 15.8 Å². The van der Waals surface area contributed by atoms with Crippen molar-refractivity contribution < 1.29 is 9.59 Å². The number of nitrogens with one attached hydrogen (secondary N) is 2. The standard InChI is InChI=1S/C13H12ClN3O2S/c1-7-11(18)15-13-17(16-7)12(19)10(20-13)6-8-2-4-9(14)5-3-8/h2-7,13,16H,1H3,(H,15,18)/b10-6-. The van der Waals surface area contributed by atoms with Crippen molar-refractivity contribution in [3.05, 3.63) is 39.8 Å². The summed E-state index contributed by atoms with van der Waals surface area (Å²) in [5, 5.41) is 4.90. The van der Waals surface area contributed by atoms with Gasteiger partial charge in [-0.15, -0.1) is 0 Å². The van der Waals surface area contributed by atoms with Crippen LogP contribution in [0.25, 0.3) is 6.08 Å². The zero-order valence-electron chi connectivity index (χ0n) is 10.6. The number of fused-ring (bicyclic) bond motifs is 1. The molecule has 5 nitrogen and oxygen atoms in total. The van der Waals surface area contributed by atoms with Crippen molar-refractivity contribution in [3.63, 3.8) is 0 Å². The third-order valence-corrected chi connectivity index (χ3v) is 4.41. The van der Waals surface area contributed by atoms with E-state index in [1.807, 2.05) is 12.1 Å². The zero-order valence-corrected chi connectivity index (χ0v) is 12.2. The molecule has 2 aliphatic heterocycles. The van der Waals surface area contributed by atoms with Gasteiger partial charge in [0.25, 0.3) is 5.91 Å². The summed E-state index contributed by atoms with van der Waals surface area (Å²) in [5.41, 5.74) is 3.40. The molecule has 3 rings (SSSR count). The predicted octanol–water partition coefficient (Wildman–Crippen LogP) is 1.56. The molecule has 0 spiro atoms. The molecule has 2 fully saturated rings. The Kier molecular flexibility index (Phi) is 3.45. The van der Waals surface area contributed by atoms with Gasteiger partial charge in [-0.2, -0.15) is 0 Å². The Morgan fingerprint density at radius 2 is 2.00 bits per heavy atom. The first kappa shape index (κ1) is 13.5. The van der Waals surface area contributed by atoms with Crippen LogP contribution < -0.4 is 10.7 Å². The summed E-state index contributed by atoms with van der Waals surface area (Å²) in [6, 6.07) is 6.82. The van der Waals surface area contributed by atoms with Gasteiger partial charge in [0.05, 0.1) is 4.91 Å². The lowest BCUT2D eigenvalue weighted by atomic mass is 10.2. The van der Waals surface area contributed by atoms with Crippen LogP contribution in [0.2, 0.25) is 5.02 Å². The molecule has 1 aromatic carbocycles. The molecular weight excluding hydrogens is 298 g/mol. The first-order chi connectivity index (χ1) is 9.54. The molecule has 0 bridgehead atoms. The molecule has 2 atom stereocenters. The van der Waals surface area contributed by atoms with Gasteiger partial charge < -0.3 is 5.32 Å². The summed E-state index contributed by atoms with van der Waals surface area (Å²) < 4.78 is 0. The van der Waals surface area contributed by atoms with E-state index in [2.05, 4.69) is 10.7 Å². The first-order valence-electron chi connectivity index (χ1n) is 6.08. The zero-order chi connectivity index (χ0) is 14.3. The van der Waals surface area contributed by atoms with Gasteiger partial charge in [0, 0.05) is 5.02 Å². The Morgan fingerprint density at radius 1 is 1.30 bits per heavy atom. The van der Waals surface area contributed by atoms with Gasteiger partial charge in [-0.1, -0.05) is 35.5 Å². The quantitative estimate of drug-likeness (QED) is 0.773. The SMILES string of the molecule is CC1NN2C(=O)/C(=C/c3ccc(Cl)cc3)SC2NC1=O. The molecule has 2 amide bonds. The van der Waals surface area contributed by atoms with Crippen LogP contribution in [0.3, 0.4) is 0 Å². The van der Waals surface area contributed by atoms with Crippen LogP contribution in [-0.2, 0) is 9.59 Å². The van der Waals surface area contributed by atoms with Crippen LogP contribution in [0, 0.1) is 0 Å². The Hall–Kier alpha value is -1.50. The fourth-order valence-electron chi connectivity index (χ4n) is 1.99. The molecule has 0 aliphatic carbocycles. The topological polar surface area (TPSA) is 61.4 Å². The summed E-state index contributed by atoms with van der Waals surface area (Å²) in [6.07, 6.45) is 1.79. The first-order valence-corrected chi connectivity index (χ1v) is 7.34. The molecule has 0 radical (unpaired) electrons. The number of carbonyl (C=O) groups is 2. The normalized spacial score (nSPS) is 27.7. The van der Waals surface area contributed by atoms with E-state index in [4.69, 9.17) is 11.6 Å². The van der Waals surface area contributed by atoms with Crippen LogP contribution >= 0.6 is 23.4 Å². The minimum absolute atomic E-state index is 0.112. The second-order valence-electron chi connectivity index (χ2n) is 4.56. The predicted molar refractivity (Wildman–Crippen MR) is 78.4 cm³/mol. The van der Waals surface area contributed by atoms with Crippen molar-refractivity contribution in [2.75, 3.05) is 0 Å². The Morgan fingerprint density at radius 3 is 2.70 bits per heavy atom. The van der Waals surface area contributed by atoms with Crippen LogP contribution in [-0.4, -0.2) is 28.4 Å². The summed E-state index contributed by atoms with van der Waals surface area (Å²) >= 11 is 7.15. The number of benzene rings is 1. The van der Waals surface area contributed by atoms with Crippen molar-refractivity contribution in [2.45, 2.75) is 18.5 Å². The van der Waals surface area contributed by atoms with Gasteiger partial charge >= 0.3 is 0 Å². The Bertz CT molecular complexity index is 602. The number of halogens is 1. The molecule has 2 heterocycles. The second kappa shape index (κ2) is 5.12. The van der Waals surface area contributed by atoms with Gasteiger partial charge in [0.15, 0.2) is 5.50 Å². The van der Waals surface area contributed by atoms with Gasteiger partial charge in [0.2, 0.25) is 5.91 Å². The maximum absolute atomic E-state index is 12.3. The minimum atomic E-state index is -0.411. The number of hydrogen-bond acceptors (Lipinski definition) is 4. The lowest BCUT2D eigenvalue weighted by molar-refractivity contribution is -0.139. The lowest BCUT2D eigenvalue weighted by Crippen LogP contribution is -2.64. The molecule has 1 aromatic rings. The summed E-state index contributed by atoms with van der Waals surface area (Å²) in [6.45, 7) is 1.71. The number of thioether (sulfide) groups is 1. The molecule has 0 saturated carbocycles. The molecule has 2 aliphatic rings. The monoisotopic (exact) mass is 309 g/mol. The van der Waals surface area contributed by atoms with Crippen LogP contribution in [0.4, 0.5) is 0 Å². The Balaban J connectivity index is 1.84. The highest BCUT2D eigenvalue weighted by Gasteiger charge is 2.42. The van der Waals surface area contributed by atoms with E-state index < -0.39 is 6.04 Å². The summed E-state index contributed by atoms with van der Waals surface area (Å²) in [5.74, 6) is -0.249. The fourth-order valence-corrected chi connectivity index (χ4v) is 3.20. The summed E-state index contributed by atoms with van der Waals surface area (Å²) in [7, 11) is 0. The van der Waals surface area contributed by atoms with Crippen molar-refractivity contribution in [1.29, 1.82) is 0 Å². The number of carbonyl (C=O) groups excluding carboxylic acids is 2. The van der Waals surface area contributed by atoms with Crippen molar-refractivity contribution in [2.24, 2.45) is 0 Å². The van der Waals surface area contributed by atoms with Gasteiger partial charge in [-0.05, 0) is 30.7 Å². The number of hydrogen-bond donors (Lipinski definition) is 2. The number of hydrazine groups is 1. The maximum atomic E-state index is 12.3. The van der Waals surface area contributed by atoms with Gasteiger partial charge in [0.1, 0.15) is 6.04 Å². The molecule has 104 valence electrons. The highest BCUT2D eigenvalue weighted by molar-refractivity contribution is 8.05. The maximum Gasteiger partial charge on any atom is 0.277 e. The molecule has 2 unspecified atom stereocenters. The molecule has 20 heavy (non-hydrogen) atoms. The van der Waals surface area contributed by atoms with Crippen molar-refractivity contribution >= 4 is 41.3 Å². The second-order valence-corrected chi connectivity index (χ2v) is 6.12. The average Bonchev–Trinajstić information content (AvgIpc) is 2.70. The number of rotatable bonds is 1. The molecular formula is C13H12ClN3O2S. The largest absolute Gasteiger partial charge is 0.324 e. The van der Waals surface area contributed by atoms with E-state index >= 15 is 0 Å². The number of nitrogens with zero attached hydrogens (tertiary/aromatic N) is 1. The smallest absolute Gasteiger partial charge is 0.277 e. The fraction of sp³-hybridized carbons (Fsp3) is 0.231. The third-order valence-electron chi connectivity index (χ3n) is 3.06. The van der Waals surface area contributed by atoms with Crippen LogP contribution in [0.15, 0.2) is 29.2 Å². The van der Waals surface area contributed by atoms with E-state index in [0.29, 0.717) is 9.93 Å². The molecule has 2 saturated heterocycles. The number of amides is 2. The van der Waals surface area contributed by atoms with E-state index in [1.165, 1.54) is 16.8 Å². The molecule has 7 heteroatoms. The van der Waals surface area contributed by atoms with E-state index in [0.717, 1.165) is 5.56 Å². The van der Waals surface area contributed by atoms with Crippen LogP contribution in [0.1, 0.15) is 12.5 Å². The average molecular weight is 310 g/mol. The lowest BCUT2D eigenvalue weighted by Gasteiger charge is -2.33. The highest BCUT2D eigenvalue weighted by Crippen LogP contribution is 2.35. The van der Waals surface area contributed by atoms with Gasteiger partial charge in [-0.3, -0.25) is 9.59 Å². The minimum Gasteiger partial charge on any atom is -0.324 e. The third kappa shape index (κ3) is 2.42. The van der Waals surface area contributed by atoms with E-state index in [1.54, 1.807) is 25.1 Å². The Labute approximate surface area is 125 Å². The van der Waals surface area contributed by atoms with Crippen LogP contribution in [0.5, 0.6) is 0 Å². The van der Waals surface area contributed by atoms with Gasteiger partial charge in [-0.25, -0.2) is 10.4 Å². The van der Waals surface area contributed by atoms with E-state index in [9.17, 15) is 9.59 Å². The molecule has 0 aromatic heterocycles. The molecule has 2 N–H and O–H groups in total. The van der Waals surface area contributed by atoms with Crippen molar-refractivity contribution in [3.8, 4) is 0 Å². The highest BCUT2D eigenvalue weighted by atomic mass is 35.5.